The quantitative estimate of drug-likeness (QED) is 0.761. The first-order valence-electron chi connectivity index (χ1n) is 8.20. The topological polar surface area (TPSA) is 38.8 Å². The Labute approximate surface area is 148 Å². The van der Waals surface area contributed by atoms with E-state index in [1.54, 1.807) is 19.2 Å². The summed E-state index contributed by atoms with van der Waals surface area (Å²) < 4.78 is 24.1. The Morgan fingerprint density at radius 1 is 1.16 bits per heavy atom. The lowest BCUT2D eigenvalue weighted by atomic mass is 10.0. The molecular formula is C20H24FNO3. The number of hydrogen-bond donors (Lipinski definition) is 0. The normalized spacial score (nSPS) is 10.6. The van der Waals surface area contributed by atoms with Gasteiger partial charge in [0.25, 0.3) is 5.91 Å². The Hall–Kier alpha value is -2.56. The van der Waals surface area contributed by atoms with Gasteiger partial charge in [-0.1, -0.05) is 32.0 Å². The summed E-state index contributed by atoms with van der Waals surface area (Å²) in [5.41, 5.74) is 1.91. The molecule has 0 aliphatic heterocycles. The van der Waals surface area contributed by atoms with E-state index in [2.05, 4.69) is 13.8 Å². The highest BCUT2D eigenvalue weighted by Crippen LogP contribution is 2.20. The van der Waals surface area contributed by atoms with Crippen LogP contribution in [0.4, 0.5) is 4.39 Å². The van der Waals surface area contributed by atoms with E-state index in [1.807, 2.05) is 24.3 Å². The van der Waals surface area contributed by atoms with Crippen LogP contribution in [0.15, 0.2) is 42.5 Å². The minimum atomic E-state index is -0.442. The summed E-state index contributed by atoms with van der Waals surface area (Å²) in [7, 11) is 3.08. The van der Waals surface area contributed by atoms with Crippen molar-refractivity contribution in [2.75, 3.05) is 20.8 Å². The van der Waals surface area contributed by atoms with Crippen LogP contribution in [0.2, 0.25) is 0 Å². The Balaban J connectivity index is 1.88. The standard InChI is InChI=1S/C20H24FNO3/c1-14(2)16-6-8-17(9-7-16)25-13-20(23)22(3)12-15-5-10-19(24-4)18(21)11-15/h5-11,14H,12-13H2,1-4H3. The Kier molecular flexibility index (Phi) is 6.39. The van der Waals surface area contributed by atoms with Crippen LogP contribution in [0.1, 0.15) is 30.9 Å². The van der Waals surface area contributed by atoms with Crippen LogP contribution in [-0.4, -0.2) is 31.6 Å². The minimum Gasteiger partial charge on any atom is -0.494 e. The summed E-state index contributed by atoms with van der Waals surface area (Å²) >= 11 is 0. The van der Waals surface area contributed by atoms with Crippen molar-refractivity contribution in [3.8, 4) is 11.5 Å². The number of methoxy groups -OCH3 is 1. The summed E-state index contributed by atoms with van der Waals surface area (Å²) in [6.07, 6.45) is 0. The molecule has 0 saturated heterocycles. The van der Waals surface area contributed by atoms with Gasteiger partial charge in [0.05, 0.1) is 7.11 Å². The number of halogens is 1. The highest BCUT2D eigenvalue weighted by molar-refractivity contribution is 5.77. The van der Waals surface area contributed by atoms with Crippen LogP contribution >= 0.6 is 0 Å². The van der Waals surface area contributed by atoms with Crippen molar-refractivity contribution in [3.05, 3.63) is 59.4 Å². The van der Waals surface area contributed by atoms with Gasteiger partial charge in [-0.2, -0.15) is 0 Å². The van der Waals surface area contributed by atoms with Gasteiger partial charge in [-0.05, 0) is 41.3 Å². The van der Waals surface area contributed by atoms with E-state index in [0.717, 1.165) is 0 Å². The van der Waals surface area contributed by atoms with Crippen molar-refractivity contribution in [2.45, 2.75) is 26.3 Å². The van der Waals surface area contributed by atoms with Crippen molar-refractivity contribution in [2.24, 2.45) is 0 Å². The number of nitrogens with zero attached hydrogens (tertiary/aromatic N) is 1. The van der Waals surface area contributed by atoms with E-state index < -0.39 is 5.82 Å². The molecule has 4 nitrogen and oxygen atoms in total. The van der Waals surface area contributed by atoms with Gasteiger partial charge in [-0.25, -0.2) is 4.39 Å². The number of likely N-dealkylation sites (N-methyl/N-ethyl adjacent to an activating group) is 1. The fourth-order valence-corrected chi connectivity index (χ4v) is 2.37. The molecule has 0 aliphatic rings. The second-order valence-corrected chi connectivity index (χ2v) is 6.23. The number of rotatable bonds is 7. The van der Waals surface area contributed by atoms with Gasteiger partial charge in [0.2, 0.25) is 0 Å². The van der Waals surface area contributed by atoms with Gasteiger partial charge in [-0.3, -0.25) is 4.79 Å². The molecule has 25 heavy (non-hydrogen) atoms. The van der Waals surface area contributed by atoms with Crippen LogP contribution in [0.5, 0.6) is 11.5 Å². The molecule has 0 aliphatic carbocycles. The third-order valence-corrected chi connectivity index (χ3v) is 3.97. The fourth-order valence-electron chi connectivity index (χ4n) is 2.37. The van der Waals surface area contributed by atoms with Gasteiger partial charge < -0.3 is 14.4 Å². The zero-order valence-electron chi connectivity index (χ0n) is 15.1. The summed E-state index contributed by atoms with van der Waals surface area (Å²) in [4.78, 5) is 13.7. The molecule has 134 valence electrons. The summed E-state index contributed by atoms with van der Waals surface area (Å²) in [6.45, 7) is 4.48. The van der Waals surface area contributed by atoms with E-state index >= 15 is 0 Å². The Morgan fingerprint density at radius 3 is 2.40 bits per heavy atom. The van der Waals surface area contributed by atoms with Crippen LogP contribution < -0.4 is 9.47 Å². The molecule has 0 radical (unpaired) electrons. The molecule has 0 spiro atoms. The monoisotopic (exact) mass is 345 g/mol. The lowest BCUT2D eigenvalue weighted by Gasteiger charge is -2.18. The van der Waals surface area contributed by atoms with E-state index in [0.29, 0.717) is 23.8 Å². The van der Waals surface area contributed by atoms with Gasteiger partial charge in [0.15, 0.2) is 18.2 Å². The molecule has 2 aromatic rings. The number of carbonyl (C=O) groups excluding carboxylic acids is 1. The van der Waals surface area contributed by atoms with Gasteiger partial charge in [-0.15, -0.1) is 0 Å². The molecule has 0 unspecified atom stereocenters. The fraction of sp³-hybridized carbons (Fsp3) is 0.350. The number of hydrogen-bond acceptors (Lipinski definition) is 3. The molecule has 2 aromatic carbocycles. The molecule has 2 rings (SSSR count). The van der Waals surface area contributed by atoms with Crippen molar-refractivity contribution in [1.82, 2.24) is 4.90 Å². The lowest BCUT2D eigenvalue weighted by Crippen LogP contribution is -2.31. The molecule has 0 saturated carbocycles. The maximum atomic E-state index is 13.7. The smallest absolute Gasteiger partial charge is 0.260 e. The predicted molar refractivity (Wildman–Crippen MR) is 95.5 cm³/mol. The molecule has 1 amide bonds. The SMILES string of the molecule is COc1ccc(CN(C)C(=O)COc2ccc(C(C)C)cc2)cc1F. The molecule has 0 bridgehead atoms. The number of benzene rings is 2. The van der Waals surface area contributed by atoms with E-state index in [9.17, 15) is 9.18 Å². The summed E-state index contributed by atoms with van der Waals surface area (Å²) in [6, 6.07) is 12.4. The van der Waals surface area contributed by atoms with Crippen LogP contribution in [0.3, 0.4) is 0 Å². The van der Waals surface area contributed by atoms with E-state index in [-0.39, 0.29) is 18.3 Å². The summed E-state index contributed by atoms with van der Waals surface area (Å²) in [5.74, 6) is 0.672. The molecule has 0 heterocycles. The highest BCUT2D eigenvalue weighted by atomic mass is 19.1. The third kappa shape index (κ3) is 5.21. The first-order chi connectivity index (χ1) is 11.9. The lowest BCUT2D eigenvalue weighted by molar-refractivity contribution is -0.132. The van der Waals surface area contributed by atoms with E-state index in [4.69, 9.17) is 9.47 Å². The maximum absolute atomic E-state index is 13.7. The average Bonchev–Trinajstić information content (AvgIpc) is 2.60. The number of carbonyl (C=O) groups is 1. The first kappa shape index (κ1) is 18.8. The molecule has 5 heteroatoms. The Bertz CT molecular complexity index is 713. The zero-order valence-corrected chi connectivity index (χ0v) is 15.1. The highest BCUT2D eigenvalue weighted by Gasteiger charge is 2.12. The van der Waals surface area contributed by atoms with Crippen LogP contribution in [0, 0.1) is 5.82 Å². The third-order valence-electron chi connectivity index (χ3n) is 3.97. The maximum Gasteiger partial charge on any atom is 0.260 e. The largest absolute Gasteiger partial charge is 0.494 e. The van der Waals surface area contributed by atoms with Gasteiger partial charge in [0.1, 0.15) is 5.75 Å². The van der Waals surface area contributed by atoms with Crippen molar-refractivity contribution in [3.63, 3.8) is 0 Å². The zero-order chi connectivity index (χ0) is 18.4. The van der Waals surface area contributed by atoms with Crippen molar-refractivity contribution < 1.29 is 18.7 Å². The second-order valence-electron chi connectivity index (χ2n) is 6.23. The predicted octanol–water partition coefficient (Wildman–Crippen LogP) is 4.00. The second kappa shape index (κ2) is 8.51. The molecular weight excluding hydrogens is 321 g/mol. The molecule has 0 N–H and O–H groups in total. The average molecular weight is 345 g/mol. The Morgan fingerprint density at radius 2 is 1.84 bits per heavy atom. The number of ether oxygens (including phenoxy) is 2. The van der Waals surface area contributed by atoms with Crippen LogP contribution in [-0.2, 0) is 11.3 Å². The number of amides is 1. The van der Waals surface area contributed by atoms with E-state index in [1.165, 1.54) is 23.6 Å². The van der Waals surface area contributed by atoms with Crippen molar-refractivity contribution >= 4 is 5.91 Å². The molecule has 0 aromatic heterocycles. The van der Waals surface area contributed by atoms with Crippen LogP contribution in [0.25, 0.3) is 0 Å². The van der Waals surface area contributed by atoms with Gasteiger partial charge >= 0.3 is 0 Å². The minimum absolute atomic E-state index is 0.0594. The first-order valence-corrected chi connectivity index (χ1v) is 8.20. The van der Waals surface area contributed by atoms with Crippen molar-refractivity contribution in [1.29, 1.82) is 0 Å². The molecule has 0 atom stereocenters. The summed E-state index contributed by atoms with van der Waals surface area (Å²) in [5, 5.41) is 0. The molecule has 0 fully saturated rings. The van der Waals surface area contributed by atoms with Gasteiger partial charge in [0, 0.05) is 13.6 Å².